The number of aryl methyl sites for hydroxylation is 1. The maximum atomic E-state index is 12.8. The van der Waals surface area contributed by atoms with Crippen molar-refractivity contribution in [2.45, 2.75) is 46.1 Å². The molecule has 0 atom stereocenters. The largest absolute Gasteiger partial charge is 0.494 e. The summed E-state index contributed by atoms with van der Waals surface area (Å²) in [5.41, 5.74) is 1.65. The number of nitrogens with zero attached hydrogens (tertiary/aromatic N) is 2. The van der Waals surface area contributed by atoms with Crippen molar-refractivity contribution in [3.8, 4) is 5.75 Å². The second-order valence-corrected chi connectivity index (χ2v) is 13.5. The zero-order valence-corrected chi connectivity index (χ0v) is 25.8. The lowest BCUT2D eigenvalue weighted by Gasteiger charge is -2.11. The van der Waals surface area contributed by atoms with E-state index in [1.165, 1.54) is 23.0 Å². The molecule has 1 aromatic carbocycles. The van der Waals surface area contributed by atoms with Crippen LogP contribution < -0.4 is 14.9 Å². The number of thiazole rings is 1. The van der Waals surface area contributed by atoms with Crippen molar-refractivity contribution < 1.29 is 41.8 Å². The van der Waals surface area contributed by atoms with Gasteiger partial charge < -0.3 is 24.1 Å². The zero-order chi connectivity index (χ0) is 30.4. The summed E-state index contributed by atoms with van der Waals surface area (Å²) in [6.45, 7) is 3.87. The Bertz CT molecular complexity index is 1700. The van der Waals surface area contributed by atoms with Crippen molar-refractivity contribution in [3.05, 3.63) is 39.0 Å². The van der Waals surface area contributed by atoms with Gasteiger partial charge in [-0.2, -0.15) is 4.99 Å². The summed E-state index contributed by atoms with van der Waals surface area (Å²) in [6, 6.07) is 5.16. The van der Waals surface area contributed by atoms with Gasteiger partial charge in [-0.15, -0.1) is 11.3 Å². The van der Waals surface area contributed by atoms with Crippen molar-refractivity contribution in [3.63, 3.8) is 0 Å². The fourth-order valence-corrected chi connectivity index (χ4v) is 7.98. The van der Waals surface area contributed by atoms with Gasteiger partial charge in [0, 0.05) is 4.88 Å². The molecular formula is C27H31N3O9S3. The second-order valence-electron chi connectivity index (χ2n) is 9.33. The quantitative estimate of drug-likeness (QED) is 0.312. The Balaban J connectivity index is 1.54. The molecule has 42 heavy (non-hydrogen) atoms. The molecule has 0 aliphatic heterocycles. The molecule has 3 aromatic rings. The summed E-state index contributed by atoms with van der Waals surface area (Å²) in [7, 11) is -2.99. The predicted octanol–water partition coefficient (Wildman–Crippen LogP) is 2.87. The number of carbonyl (C=O) groups excluding carboxylic acids is 4. The van der Waals surface area contributed by atoms with Crippen LogP contribution in [0.4, 0.5) is 5.00 Å². The average Bonchev–Trinajstić information content (AvgIpc) is 3.44. The SMILES string of the molecule is CCOC(=O)Cn1c(=NC(=O)CS(=O)(=O)CC(=O)Nc2sc3c(c2C(=O)OC)CCCC3)sc2cc(OCC)ccc21. The average molecular weight is 638 g/mol. The molecule has 1 N–H and O–H groups in total. The monoisotopic (exact) mass is 637 g/mol. The molecule has 15 heteroatoms. The number of fused-ring (bicyclic) bond motifs is 2. The minimum atomic E-state index is -4.23. The highest BCUT2D eigenvalue weighted by atomic mass is 32.2. The Morgan fingerprint density at radius 1 is 1.05 bits per heavy atom. The standard InChI is InChI=1S/C27H31N3O9S3/c1-4-38-16-10-11-18-20(12-16)41-27(30(18)13-23(33)39-5-2)29-22(32)15-42(35,36)14-21(31)28-25-24(26(34)37-3)17-8-6-7-9-19(17)40-25/h10-12H,4-9,13-15H2,1-3H3,(H,28,31). The number of methoxy groups -OCH3 is 1. The minimum absolute atomic E-state index is 0.100. The Morgan fingerprint density at radius 3 is 2.52 bits per heavy atom. The third-order valence-corrected chi connectivity index (χ3v) is 9.92. The number of anilines is 1. The number of sulfone groups is 1. The molecule has 0 fully saturated rings. The molecule has 4 rings (SSSR count). The van der Waals surface area contributed by atoms with Crippen molar-refractivity contribution >= 4 is 71.5 Å². The van der Waals surface area contributed by atoms with Crippen LogP contribution in [-0.4, -0.2) is 68.6 Å². The lowest BCUT2D eigenvalue weighted by molar-refractivity contribution is -0.143. The van der Waals surface area contributed by atoms with E-state index >= 15 is 0 Å². The number of benzene rings is 1. The highest BCUT2D eigenvalue weighted by Crippen LogP contribution is 2.38. The predicted molar refractivity (Wildman–Crippen MR) is 158 cm³/mol. The van der Waals surface area contributed by atoms with Crippen LogP contribution in [0.25, 0.3) is 10.2 Å². The van der Waals surface area contributed by atoms with Crippen molar-refractivity contribution in [2.24, 2.45) is 4.99 Å². The smallest absolute Gasteiger partial charge is 0.341 e. The van der Waals surface area contributed by atoms with Crippen molar-refractivity contribution in [2.75, 3.05) is 37.1 Å². The summed E-state index contributed by atoms with van der Waals surface area (Å²) in [5.74, 6) is -4.45. The fraction of sp³-hybridized carbons (Fsp3) is 0.444. The molecule has 2 aromatic heterocycles. The minimum Gasteiger partial charge on any atom is -0.494 e. The number of thiophene rings is 1. The van der Waals surface area contributed by atoms with Crippen molar-refractivity contribution in [1.29, 1.82) is 0 Å². The summed E-state index contributed by atoms with van der Waals surface area (Å²) in [4.78, 5) is 55.3. The lowest BCUT2D eigenvalue weighted by Crippen LogP contribution is -2.29. The summed E-state index contributed by atoms with van der Waals surface area (Å²) >= 11 is 2.31. The van der Waals surface area contributed by atoms with Gasteiger partial charge in [0.15, 0.2) is 14.6 Å². The summed E-state index contributed by atoms with van der Waals surface area (Å²) in [5, 5.41) is 2.77. The first-order chi connectivity index (χ1) is 20.0. The maximum absolute atomic E-state index is 12.8. The Labute approximate surface area is 250 Å². The van der Waals surface area contributed by atoms with E-state index in [1.54, 1.807) is 25.1 Å². The Morgan fingerprint density at radius 2 is 1.81 bits per heavy atom. The fourth-order valence-electron chi connectivity index (χ4n) is 4.60. The first-order valence-corrected chi connectivity index (χ1v) is 16.7. The lowest BCUT2D eigenvalue weighted by atomic mass is 9.95. The molecule has 12 nitrogen and oxygen atoms in total. The Hall–Kier alpha value is -3.56. The molecule has 0 saturated carbocycles. The summed E-state index contributed by atoms with van der Waals surface area (Å²) < 4.78 is 43.2. The number of esters is 2. The number of nitrogens with one attached hydrogen (secondary N) is 1. The van der Waals surface area contributed by atoms with Gasteiger partial charge in [0.1, 0.15) is 28.8 Å². The van der Waals surface area contributed by atoms with Crippen LogP contribution in [0.5, 0.6) is 5.75 Å². The normalized spacial score (nSPS) is 13.5. The van der Waals surface area contributed by atoms with Crippen LogP contribution in [0, 0.1) is 0 Å². The number of rotatable bonds is 11. The van der Waals surface area contributed by atoms with E-state index in [1.807, 2.05) is 6.92 Å². The molecular weight excluding hydrogens is 607 g/mol. The number of aromatic nitrogens is 1. The van der Waals surface area contributed by atoms with Gasteiger partial charge in [-0.3, -0.25) is 14.4 Å². The number of hydrogen-bond donors (Lipinski definition) is 1. The highest BCUT2D eigenvalue weighted by Gasteiger charge is 2.28. The summed E-state index contributed by atoms with van der Waals surface area (Å²) in [6.07, 6.45) is 3.28. The molecule has 0 saturated heterocycles. The third-order valence-electron chi connectivity index (χ3n) is 6.29. The van der Waals surface area contributed by atoms with Gasteiger partial charge in [-0.05, 0) is 63.3 Å². The number of ether oxygens (including phenoxy) is 3. The molecule has 1 aliphatic carbocycles. The van der Waals surface area contributed by atoms with Crippen molar-refractivity contribution in [1.82, 2.24) is 4.57 Å². The molecule has 0 spiro atoms. The van der Waals surface area contributed by atoms with E-state index in [9.17, 15) is 27.6 Å². The molecule has 1 aliphatic rings. The van der Waals surface area contributed by atoms with Gasteiger partial charge in [0.05, 0.1) is 36.1 Å². The number of amides is 2. The van der Waals surface area contributed by atoms with E-state index in [4.69, 9.17) is 14.2 Å². The van der Waals surface area contributed by atoms with Crippen LogP contribution in [0.1, 0.15) is 47.5 Å². The number of hydrogen-bond acceptors (Lipinski definition) is 11. The van der Waals surface area contributed by atoms with Crippen LogP contribution in [-0.2, 0) is 53.1 Å². The topological polar surface area (TPSA) is 159 Å². The van der Waals surface area contributed by atoms with E-state index in [0.29, 0.717) is 29.0 Å². The molecule has 0 bridgehead atoms. The highest BCUT2D eigenvalue weighted by molar-refractivity contribution is 7.92. The van der Waals surface area contributed by atoms with Crippen LogP contribution in [0.3, 0.4) is 0 Å². The van der Waals surface area contributed by atoms with Crippen LogP contribution in [0.15, 0.2) is 23.2 Å². The van der Waals surface area contributed by atoms with Crippen LogP contribution >= 0.6 is 22.7 Å². The van der Waals surface area contributed by atoms with Crippen LogP contribution in [0.2, 0.25) is 0 Å². The second kappa shape index (κ2) is 13.6. The Kier molecular flexibility index (Phi) is 10.2. The molecule has 0 radical (unpaired) electrons. The van der Waals surface area contributed by atoms with E-state index in [-0.39, 0.29) is 28.5 Å². The van der Waals surface area contributed by atoms with Gasteiger partial charge in [-0.1, -0.05) is 11.3 Å². The van der Waals surface area contributed by atoms with E-state index < -0.39 is 45.1 Å². The molecule has 0 unspecified atom stereocenters. The zero-order valence-electron chi connectivity index (χ0n) is 23.4. The maximum Gasteiger partial charge on any atom is 0.341 e. The van der Waals surface area contributed by atoms with E-state index in [0.717, 1.165) is 41.0 Å². The molecule has 226 valence electrons. The molecule has 2 amide bonds. The van der Waals surface area contributed by atoms with Gasteiger partial charge in [-0.25, -0.2) is 13.2 Å². The van der Waals surface area contributed by atoms with Gasteiger partial charge in [0.2, 0.25) is 5.91 Å². The number of carbonyl (C=O) groups is 4. The van der Waals surface area contributed by atoms with E-state index in [2.05, 4.69) is 10.3 Å². The third kappa shape index (κ3) is 7.44. The van der Waals surface area contributed by atoms with Gasteiger partial charge in [0.25, 0.3) is 5.91 Å². The molecule has 2 heterocycles. The first-order valence-electron chi connectivity index (χ1n) is 13.3. The first kappa shape index (κ1) is 31.4. The van der Waals surface area contributed by atoms with Gasteiger partial charge >= 0.3 is 11.9 Å².